The van der Waals surface area contributed by atoms with Gasteiger partial charge in [-0.15, -0.1) is 0 Å². The second-order valence-corrected chi connectivity index (χ2v) is 7.50. The van der Waals surface area contributed by atoms with Gasteiger partial charge in [0.2, 0.25) is 10.0 Å². The summed E-state index contributed by atoms with van der Waals surface area (Å²) in [5, 5.41) is 10.4. The fraction of sp³-hybridized carbons (Fsp3) is 0.600. The van der Waals surface area contributed by atoms with E-state index in [1.807, 2.05) is 6.92 Å². The van der Waals surface area contributed by atoms with Gasteiger partial charge < -0.3 is 9.84 Å². The maximum atomic E-state index is 12.4. The Kier molecular flexibility index (Phi) is 4.91. The highest BCUT2D eigenvalue weighted by molar-refractivity contribution is 7.89. The van der Waals surface area contributed by atoms with Gasteiger partial charge in [-0.05, 0) is 37.5 Å². The largest absolute Gasteiger partial charge is 0.495 e. The molecule has 0 atom stereocenters. The Morgan fingerprint density at radius 1 is 1.29 bits per heavy atom. The Bertz CT molecular complexity index is 592. The van der Waals surface area contributed by atoms with E-state index in [0.717, 1.165) is 24.8 Å². The lowest BCUT2D eigenvalue weighted by molar-refractivity contribution is 0.00945. The minimum Gasteiger partial charge on any atom is -0.495 e. The van der Waals surface area contributed by atoms with Crippen molar-refractivity contribution in [2.24, 2.45) is 0 Å². The predicted octanol–water partition coefficient (Wildman–Crippen LogP) is 1.98. The highest BCUT2D eigenvalue weighted by atomic mass is 32.2. The Morgan fingerprint density at radius 2 is 1.95 bits per heavy atom. The third kappa shape index (κ3) is 3.96. The molecule has 0 bridgehead atoms. The van der Waals surface area contributed by atoms with Crippen molar-refractivity contribution in [2.75, 3.05) is 13.7 Å². The molecule has 2 N–H and O–H groups in total. The summed E-state index contributed by atoms with van der Waals surface area (Å²) in [7, 11) is -2.26. The average Bonchev–Trinajstić information content (AvgIpc) is 2.46. The Balaban J connectivity index is 2.17. The van der Waals surface area contributed by atoms with E-state index in [-0.39, 0.29) is 11.4 Å². The molecule has 0 aromatic heterocycles. The summed E-state index contributed by atoms with van der Waals surface area (Å²) >= 11 is 0. The first kappa shape index (κ1) is 16.3. The van der Waals surface area contributed by atoms with Crippen molar-refractivity contribution in [3.05, 3.63) is 23.8 Å². The van der Waals surface area contributed by atoms with Gasteiger partial charge in [0.05, 0.1) is 12.7 Å². The van der Waals surface area contributed by atoms with Gasteiger partial charge in [-0.2, -0.15) is 0 Å². The maximum absolute atomic E-state index is 12.4. The zero-order chi connectivity index (χ0) is 15.5. The van der Waals surface area contributed by atoms with E-state index in [2.05, 4.69) is 4.72 Å². The van der Waals surface area contributed by atoms with Gasteiger partial charge in [-0.1, -0.05) is 25.3 Å². The number of nitrogens with one attached hydrogen (secondary N) is 1. The van der Waals surface area contributed by atoms with Crippen molar-refractivity contribution in [1.82, 2.24) is 4.72 Å². The molecule has 118 valence electrons. The second kappa shape index (κ2) is 6.34. The number of benzene rings is 1. The van der Waals surface area contributed by atoms with Gasteiger partial charge in [0.15, 0.2) is 0 Å². The predicted molar refractivity (Wildman–Crippen MR) is 81.0 cm³/mol. The van der Waals surface area contributed by atoms with Crippen LogP contribution in [-0.2, 0) is 10.0 Å². The first-order valence-electron chi connectivity index (χ1n) is 7.23. The number of methoxy groups -OCH3 is 1. The number of sulfonamides is 1. The lowest BCUT2D eigenvalue weighted by atomic mass is 9.85. The van der Waals surface area contributed by atoms with Gasteiger partial charge in [0, 0.05) is 6.54 Å². The van der Waals surface area contributed by atoms with Crippen LogP contribution in [0.3, 0.4) is 0 Å². The van der Waals surface area contributed by atoms with Crippen molar-refractivity contribution < 1.29 is 18.3 Å². The van der Waals surface area contributed by atoms with Crippen LogP contribution in [0.1, 0.15) is 37.7 Å². The van der Waals surface area contributed by atoms with Crippen LogP contribution in [0.25, 0.3) is 0 Å². The fourth-order valence-electron chi connectivity index (χ4n) is 2.69. The van der Waals surface area contributed by atoms with Crippen LogP contribution in [0.2, 0.25) is 0 Å². The van der Waals surface area contributed by atoms with Crippen molar-refractivity contribution in [1.29, 1.82) is 0 Å². The van der Waals surface area contributed by atoms with Crippen LogP contribution in [0.15, 0.2) is 23.1 Å². The van der Waals surface area contributed by atoms with E-state index >= 15 is 0 Å². The summed E-state index contributed by atoms with van der Waals surface area (Å²) in [6.07, 6.45) is 4.25. The molecule has 0 aliphatic heterocycles. The second-order valence-electron chi connectivity index (χ2n) is 5.76. The normalized spacial score (nSPS) is 18.4. The van der Waals surface area contributed by atoms with Crippen molar-refractivity contribution >= 4 is 10.0 Å². The number of aryl methyl sites for hydroxylation is 1. The van der Waals surface area contributed by atoms with Gasteiger partial charge in [0.1, 0.15) is 10.6 Å². The number of rotatable bonds is 5. The molecule has 2 rings (SSSR count). The monoisotopic (exact) mass is 313 g/mol. The average molecular weight is 313 g/mol. The van der Waals surface area contributed by atoms with Crippen LogP contribution < -0.4 is 9.46 Å². The molecule has 6 heteroatoms. The molecule has 21 heavy (non-hydrogen) atoms. The van der Waals surface area contributed by atoms with E-state index in [0.29, 0.717) is 18.6 Å². The van der Waals surface area contributed by atoms with E-state index in [9.17, 15) is 13.5 Å². The molecule has 0 spiro atoms. The molecule has 0 saturated heterocycles. The topological polar surface area (TPSA) is 75.6 Å². The summed E-state index contributed by atoms with van der Waals surface area (Å²) in [6, 6.07) is 5.01. The van der Waals surface area contributed by atoms with Gasteiger partial charge in [-0.3, -0.25) is 0 Å². The molecule has 1 saturated carbocycles. The minimum absolute atomic E-state index is 0.0480. The number of hydrogen-bond donors (Lipinski definition) is 2. The molecule has 1 aromatic carbocycles. The van der Waals surface area contributed by atoms with Crippen molar-refractivity contribution in [2.45, 2.75) is 49.5 Å². The Morgan fingerprint density at radius 3 is 2.57 bits per heavy atom. The third-order valence-corrected chi connectivity index (χ3v) is 5.41. The first-order valence-corrected chi connectivity index (χ1v) is 8.71. The maximum Gasteiger partial charge on any atom is 0.244 e. The Labute approximate surface area is 126 Å². The molecule has 0 heterocycles. The van der Waals surface area contributed by atoms with Crippen LogP contribution in [0.4, 0.5) is 0 Å². The molecule has 1 aromatic rings. The lowest BCUT2D eigenvalue weighted by Crippen LogP contribution is -2.44. The van der Waals surface area contributed by atoms with Crippen molar-refractivity contribution in [3.8, 4) is 5.75 Å². The molecule has 1 aliphatic rings. The molecule has 0 radical (unpaired) electrons. The SMILES string of the molecule is COc1ccc(C)cc1S(=O)(=O)NCC1(O)CCCCC1. The van der Waals surface area contributed by atoms with Gasteiger partial charge in [0.25, 0.3) is 0 Å². The number of aliphatic hydroxyl groups is 1. The highest BCUT2D eigenvalue weighted by Gasteiger charge is 2.31. The minimum atomic E-state index is -3.70. The number of ether oxygens (including phenoxy) is 1. The summed E-state index contributed by atoms with van der Waals surface area (Å²) in [6.45, 7) is 1.87. The zero-order valence-electron chi connectivity index (χ0n) is 12.6. The highest BCUT2D eigenvalue weighted by Crippen LogP contribution is 2.29. The van der Waals surface area contributed by atoms with Crippen molar-refractivity contribution in [3.63, 3.8) is 0 Å². The zero-order valence-corrected chi connectivity index (χ0v) is 13.4. The molecular weight excluding hydrogens is 290 g/mol. The van der Waals surface area contributed by atoms with Crippen LogP contribution in [0.5, 0.6) is 5.75 Å². The van der Waals surface area contributed by atoms with E-state index in [1.54, 1.807) is 18.2 Å². The molecule has 1 aliphatic carbocycles. The lowest BCUT2D eigenvalue weighted by Gasteiger charge is -2.32. The molecule has 1 fully saturated rings. The van der Waals surface area contributed by atoms with Gasteiger partial charge in [-0.25, -0.2) is 13.1 Å². The smallest absolute Gasteiger partial charge is 0.244 e. The Hall–Kier alpha value is -1.11. The molecule has 0 unspecified atom stereocenters. The fourth-order valence-corrected chi connectivity index (χ4v) is 4.06. The van der Waals surface area contributed by atoms with E-state index < -0.39 is 15.6 Å². The van der Waals surface area contributed by atoms with Crippen LogP contribution in [0, 0.1) is 6.92 Å². The third-order valence-electron chi connectivity index (χ3n) is 3.98. The standard InChI is InChI=1S/C15H23NO4S/c1-12-6-7-13(20-2)14(10-12)21(18,19)16-11-15(17)8-4-3-5-9-15/h6-7,10,16-17H,3-5,8-9,11H2,1-2H3. The summed E-state index contributed by atoms with van der Waals surface area (Å²) in [5.74, 6) is 0.309. The quantitative estimate of drug-likeness (QED) is 0.871. The van der Waals surface area contributed by atoms with Crippen LogP contribution >= 0.6 is 0 Å². The summed E-state index contributed by atoms with van der Waals surface area (Å²) in [5.41, 5.74) is -0.0879. The van der Waals surface area contributed by atoms with E-state index in [1.165, 1.54) is 7.11 Å². The number of hydrogen-bond acceptors (Lipinski definition) is 4. The molecule has 0 amide bonds. The van der Waals surface area contributed by atoms with Gasteiger partial charge >= 0.3 is 0 Å². The molecular formula is C15H23NO4S. The molecule has 5 nitrogen and oxygen atoms in total. The summed E-state index contributed by atoms with van der Waals surface area (Å²) in [4.78, 5) is 0.115. The first-order chi connectivity index (χ1) is 9.86. The van der Waals surface area contributed by atoms with Crippen LogP contribution in [-0.4, -0.2) is 32.8 Å². The summed E-state index contributed by atoms with van der Waals surface area (Å²) < 4.78 is 32.5. The van der Waals surface area contributed by atoms with E-state index in [4.69, 9.17) is 4.74 Å².